The van der Waals surface area contributed by atoms with Gasteiger partial charge >= 0.3 is 0 Å². The van der Waals surface area contributed by atoms with E-state index in [4.69, 9.17) is 0 Å². The van der Waals surface area contributed by atoms with Gasteiger partial charge in [-0.15, -0.1) is 11.3 Å². The maximum absolute atomic E-state index is 13.9. The van der Waals surface area contributed by atoms with E-state index in [9.17, 15) is 4.39 Å². The number of anilines is 1. The molecule has 0 radical (unpaired) electrons. The monoisotopic (exact) mass is 327 g/mol. The zero-order chi connectivity index (χ0) is 13.0. The van der Waals surface area contributed by atoms with Crippen LogP contribution in [0.2, 0.25) is 0 Å². The first-order valence-corrected chi connectivity index (χ1v) is 7.79. The molecule has 0 N–H and O–H groups in total. The summed E-state index contributed by atoms with van der Waals surface area (Å²) in [7, 11) is 1.94. The molecule has 1 nitrogen and oxygen atoms in total. The van der Waals surface area contributed by atoms with Crippen molar-refractivity contribution in [1.29, 1.82) is 0 Å². The standard InChI is InChI=1S/C14H15BrFNS/c1-17(8-7-12-5-3-9-18-12)14-11(10-15)4-2-6-13(14)16/h2-6,9H,7-8,10H2,1H3. The Morgan fingerprint density at radius 1 is 1.28 bits per heavy atom. The van der Waals surface area contributed by atoms with E-state index in [1.807, 2.05) is 24.1 Å². The van der Waals surface area contributed by atoms with Crippen LogP contribution >= 0.6 is 27.3 Å². The fourth-order valence-corrected chi connectivity index (χ4v) is 3.09. The summed E-state index contributed by atoms with van der Waals surface area (Å²) in [6.45, 7) is 0.821. The van der Waals surface area contributed by atoms with E-state index in [1.165, 1.54) is 10.9 Å². The van der Waals surface area contributed by atoms with E-state index in [0.717, 1.165) is 18.5 Å². The van der Waals surface area contributed by atoms with Crippen LogP contribution in [0, 0.1) is 5.82 Å². The van der Waals surface area contributed by atoms with Gasteiger partial charge in [0.05, 0.1) is 5.69 Å². The van der Waals surface area contributed by atoms with Crippen molar-refractivity contribution >= 4 is 33.0 Å². The lowest BCUT2D eigenvalue weighted by Gasteiger charge is -2.22. The van der Waals surface area contributed by atoms with Gasteiger partial charge in [-0.2, -0.15) is 0 Å². The Morgan fingerprint density at radius 3 is 2.78 bits per heavy atom. The van der Waals surface area contributed by atoms with Gasteiger partial charge in [-0.25, -0.2) is 4.39 Å². The molecular weight excluding hydrogens is 313 g/mol. The molecule has 0 unspecified atom stereocenters. The van der Waals surface area contributed by atoms with Crippen molar-refractivity contribution in [2.75, 3.05) is 18.5 Å². The first-order valence-electron chi connectivity index (χ1n) is 5.79. The maximum Gasteiger partial charge on any atom is 0.146 e. The number of halogens is 2. The molecule has 4 heteroatoms. The smallest absolute Gasteiger partial charge is 0.146 e. The topological polar surface area (TPSA) is 3.24 Å². The zero-order valence-corrected chi connectivity index (χ0v) is 12.6. The van der Waals surface area contributed by atoms with Gasteiger partial charge in [-0.3, -0.25) is 0 Å². The van der Waals surface area contributed by atoms with Crippen LogP contribution in [0.3, 0.4) is 0 Å². The lowest BCUT2D eigenvalue weighted by Crippen LogP contribution is -2.22. The number of benzene rings is 1. The average molecular weight is 328 g/mol. The van der Waals surface area contributed by atoms with Crippen LogP contribution in [0.4, 0.5) is 10.1 Å². The summed E-state index contributed by atoms with van der Waals surface area (Å²) in [5.41, 5.74) is 1.69. The van der Waals surface area contributed by atoms with Crippen LogP contribution in [0.15, 0.2) is 35.7 Å². The van der Waals surface area contributed by atoms with Gasteiger partial charge in [0.15, 0.2) is 0 Å². The number of alkyl halides is 1. The van der Waals surface area contributed by atoms with Gasteiger partial charge in [0.25, 0.3) is 0 Å². The van der Waals surface area contributed by atoms with Crippen LogP contribution in [0.25, 0.3) is 0 Å². The van der Waals surface area contributed by atoms with Crippen LogP contribution in [0.5, 0.6) is 0 Å². The van der Waals surface area contributed by atoms with E-state index in [1.54, 1.807) is 17.4 Å². The molecule has 0 bridgehead atoms. The number of nitrogens with zero attached hydrogens (tertiary/aromatic N) is 1. The van der Waals surface area contributed by atoms with Crippen molar-refractivity contribution in [2.24, 2.45) is 0 Å². The molecule has 2 rings (SSSR count). The lowest BCUT2D eigenvalue weighted by molar-refractivity contribution is 0.621. The Morgan fingerprint density at radius 2 is 2.11 bits per heavy atom. The molecule has 0 fully saturated rings. The highest BCUT2D eigenvalue weighted by atomic mass is 79.9. The van der Waals surface area contributed by atoms with Crippen molar-refractivity contribution in [1.82, 2.24) is 0 Å². The van der Waals surface area contributed by atoms with E-state index in [-0.39, 0.29) is 5.82 Å². The second kappa shape index (κ2) is 6.34. The fourth-order valence-electron chi connectivity index (χ4n) is 1.94. The molecule has 1 heterocycles. The molecule has 0 atom stereocenters. The summed E-state index contributed by atoms with van der Waals surface area (Å²) in [6, 6.07) is 9.39. The Hall–Kier alpha value is -0.870. The molecule has 1 aromatic carbocycles. The predicted molar refractivity (Wildman–Crippen MR) is 80.3 cm³/mol. The first kappa shape index (κ1) is 13.6. The lowest BCUT2D eigenvalue weighted by atomic mass is 10.1. The molecule has 18 heavy (non-hydrogen) atoms. The molecular formula is C14H15BrFNS. The third kappa shape index (κ3) is 3.12. The van der Waals surface area contributed by atoms with Gasteiger partial charge in [-0.1, -0.05) is 34.1 Å². The van der Waals surface area contributed by atoms with Crippen LogP contribution < -0.4 is 4.90 Å². The molecule has 1 aromatic heterocycles. The van der Waals surface area contributed by atoms with Crippen molar-refractivity contribution in [2.45, 2.75) is 11.8 Å². The Bertz CT molecular complexity index is 499. The molecule has 0 aliphatic carbocycles. The van der Waals surface area contributed by atoms with Gasteiger partial charge < -0.3 is 4.90 Å². The summed E-state index contributed by atoms with van der Waals surface area (Å²) >= 11 is 5.15. The summed E-state index contributed by atoms with van der Waals surface area (Å²) in [5.74, 6) is -0.152. The van der Waals surface area contributed by atoms with Crippen molar-refractivity contribution in [3.05, 3.63) is 52.0 Å². The van der Waals surface area contributed by atoms with E-state index in [2.05, 4.69) is 27.4 Å². The quantitative estimate of drug-likeness (QED) is 0.733. The molecule has 0 spiro atoms. The molecule has 96 valence electrons. The molecule has 0 amide bonds. The summed E-state index contributed by atoms with van der Waals surface area (Å²) in [4.78, 5) is 3.32. The minimum absolute atomic E-state index is 0.152. The number of rotatable bonds is 5. The minimum Gasteiger partial charge on any atom is -0.372 e. The second-order valence-corrected chi connectivity index (χ2v) is 5.73. The highest BCUT2D eigenvalue weighted by Crippen LogP contribution is 2.25. The Kier molecular flexibility index (Phi) is 4.78. The van der Waals surface area contributed by atoms with Crippen LogP contribution in [-0.2, 0) is 11.8 Å². The van der Waals surface area contributed by atoms with Gasteiger partial charge in [0.2, 0.25) is 0 Å². The summed E-state index contributed by atoms with van der Waals surface area (Å²) < 4.78 is 13.9. The largest absolute Gasteiger partial charge is 0.372 e. The van der Waals surface area contributed by atoms with Crippen LogP contribution in [-0.4, -0.2) is 13.6 Å². The Labute approximate surface area is 119 Å². The van der Waals surface area contributed by atoms with E-state index < -0.39 is 0 Å². The Balaban J connectivity index is 2.10. The third-order valence-electron chi connectivity index (χ3n) is 2.87. The summed E-state index contributed by atoms with van der Waals surface area (Å²) in [5, 5.41) is 2.74. The van der Waals surface area contributed by atoms with Crippen molar-refractivity contribution in [3.8, 4) is 0 Å². The van der Waals surface area contributed by atoms with E-state index in [0.29, 0.717) is 11.0 Å². The number of para-hydroxylation sites is 1. The third-order valence-corrected chi connectivity index (χ3v) is 4.41. The van der Waals surface area contributed by atoms with Gasteiger partial charge in [0.1, 0.15) is 5.82 Å². The van der Waals surface area contributed by atoms with Crippen LogP contribution in [0.1, 0.15) is 10.4 Å². The normalized spacial score (nSPS) is 10.6. The molecule has 2 aromatic rings. The van der Waals surface area contributed by atoms with Gasteiger partial charge in [-0.05, 0) is 29.5 Å². The number of thiophene rings is 1. The highest BCUT2D eigenvalue weighted by Gasteiger charge is 2.12. The molecule has 0 aliphatic heterocycles. The SMILES string of the molecule is CN(CCc1cccs1)c1c(F)cccc1CBr. The molecule has 0 aliphatic rings. The maximum atomic E-state index is 13.9. The second-order valence-electron chi connectivity index (χ2n) is 4.13. The number of likely N-dealkylation sites (N-methyl/N-ethyl adjacent to an activating group) is 1. The van der Waals surface area contributed by atoms with Crippen molar-refractivity contribution < 1.29 is 4.39 Å². The molecule has 0 saturated carbocycles. The first-order chi connectivity index (χ1) is 8.72. The minimum atomic E-state index is -0.152. The number of hydrogen-bond acceptors (Lipinski definition) is 2. The van der Waals surface area contributed by atoms with Gasteiger partial charge in [0, 0.05) is 23.8 Å². The number of hydrogen-bond donors (Lipinski definition) is 0. The van der Waals surface area contributed by atoms with E-state index >= 15 is 0 Å². The summed E-state index contributed by atoms with van der Waals surface area (Å²) in [6.07, 6.45) is 0.949. The average Bonchev–Trinajstić information content (AvgIpc) is 2.88. The highest BCUT2D eigenvalue weighted by molar-refractivity contribution is 9.08. The predicted octanol–water partition coefficient (Wildman–Crippen LogP) is 4.46. The molecule has 0 saturated heterocycles. The van der Waals surface area contributed by atoms with Crippen molar-refractivity contribution in [3.63, 3.8) is 0 Å². The zero-order valence-electron chi connectivity index (χ0n) is 10.2. The fraction of sp³-hybridized carbons (Fsp3) is 0.286.